The van der Waals surface area contributed by atoms with Gasteiger partial charge in [-0.1, -0.05) is 42.5 Å². The number of amides is 3. The second kappa shape index (κ2) is 16.2. The molecule has 244 valence electrons. The number of hydrogen-bond acceptors (Lipinski definition) is 9. The van der Waals surface area contributed by atoms with Crippen molar-refractivity contribution in [3.8, 4) is 5.75 Å². The van der Waals surface area contributed by atoms with Crippen LogP contribution < -0.4 is 16.0 Å². The number of carbonyl (C=O) groups excluding carboxylic acids is 3. The third-order valence-corrected chi connectivity index (χ3v) is 7.01. The van der Waals surface area contributed by atoms with Crippen LogP contribution in [0, 0.1) is 10.1 Å². The van der Waals surface area contributed by atoms with E-state index in [9.17, 15) is 39.5 Å². The molecule has 4 rings (SSSR count). The van der Waals surface area contributed by atoms with Gasteiger partial charge in [0.2, 0.25) is 11.8 Å². The normalized spacial score (nSPS) is 12.6. The molecule has 0 aliphatic rings. The average molecular weight is 645 g/mol. The van der Waals surface area contributed by atoms with Crippen LogP contribution in [0.25, 0.3) is 0 Å². The Morgan fingerprint density at radius 1 is 0.787 bits per heavy atom. The van der Waals surface area contributed by atoms with Gasteiger partial charge in [0.15, 0.2) is 0 Å². The molecule has 0 aliphatic heterocycles. The molecule has 0 spiro atoms. The zero-order valence-corrected chi connectivity index (χ0v) is 24.9. The largest absolute Gasteiger partial charge is 0.508 e. The number of carboxylic acid groups (broad SMARTS) is 1. The number of non-ortho nitro benzene ring substituents is 1. The molecule has 47 heavy (non-hydrogen) atoms. The lowest BCUT2D eigenvalue weighted by Crippen LogP contribution is -2.57. The molecular formula is C32H32N6O9. The number of carboxylic acids is 1. The van der Waals surface area contributed by atoms with Crippen LogP contribution in [-0.2, 0) is 45.0 Å². The van der Waals surface area contributed by atoms with Gasteiger partial charge >= 0.3 is 12.1 Å². The summed E-state index contributed by atoms with van der Waals surface area (Å²) in [5.41, 5.74) is 2.07. The Bertz CT molecular complexity index is 1660. The molecular weight excluding hydrogens is 612 g/mol. The number of carbonyl (C=O) groups is 4. The van der Waals surface area contributed by atoms with Gasteiger partial charge in [-0.05, 0) is 41.0 Å². The van der Waals surface area contributed by atoms with Crippen molar-refractivity contribution in [3.05, 3.63) is 124 Å². The fourth-order valence-corrected chi connectivity index (χ4v) is 4.54. The van der Waals surface area contributed by atoms with Gasteiger partial charge in [0.05, 0.1) is 11.3 Å². The summed E-state index contributed by atoms with van der Waals surface area (Å²) in [5.74, 6) is -2.82. The average Bonchev–Trinajstić information content (AvgIpc) is 3.57. The van der Waals surface area contributed by atoms with Crippen molar-refractivity contribution in [2.75, 3.05) is 0 Å². The SMILES string of the molecule is O=C(N[C@@H](Cc1cnc[nH]1)C(=O)N[C@@H](Cc1ccccc1)C(=O)N[C@@H](Cc1ccc(O)cc1)C(=O)O)OCc1ccc([N+](=O)[O-])cc1. The van der Waals surface area contributed by atoms with Crippen LogP contribution in [0.1, 0.15) is 22.4 Å². The molecule has 3 amide bonds. The van der Waals surface area contributed by atoms with Crippen LogP contribution in [0.5, 0.6) is 5.75 Å². The van der Waals surface area contributed by atoms with E-state index in [2.05, 4.69) is 25.9 Å². The molecule has 4 aromatic rings. The number of H-pyrrole nitrogens is 1. The maximum Gasteiger partial charge on any atom is 0.408 e. The summed E-state index contributed by atoms with van der Waals surface area (Å²) in [7, 11) is 0. The van der Waals surface area contributed by atoms with Gasteiger partial charge in [-0.15, -0.1) is 0 Å². The highest BCUT2D eigenvalue weighted by Gasteiger charge is 2.30. The van der Waals surface area contributed by atoms with Crippen LogP contribution >= 0.6 is 0 Å². The standard InChI is InChI=1S/C32H32N6O9/c39-25-12-8-21(9-13-25)15-28(31(42)43)36-29(40)26(14-20-4-2-1-3-5-20)35-30(41)27(16-23-17-33-19-34-23)37-32(44)47-18-22-6-10-24(11-7-22)38(45)46/h1-13,17,19,26-28,39H,14-16,18H2,(H,33,34)(H,35,41)(H,36,40)(H,37,44)(H,42,43)/t26-,27-,28-/m0/s1. The van der Waals surface area contributed by atoms with Crippen molar-refractivity contribution in [3.63, 3.8) is 0 Å². The molecule has 1 aromatic heterocycles. The van der Waals surface area contributed by atoms with E-state index in [4.69, 9.17) is 4.74 Å². The minimum absolute atomic E-state index is 0.00354. The molecule has 3 atom stereocenters. The van der Waals surface area contributed by atoms with Crippen molar-refractivity contribution in [1.29, 1.82) is 0 Å². The van der Waals surface area contributed by atoms with Crippen molar-refractivity contribution in [1.82, 2.24) is 25.9 Å². The second-order valence-corrected chi connectivity index (χ2v) is 10.5. The molecule has 3 aromatic carbocycles. The summed E-state index contributed by atoms with van der Waals surface area (Å²) in [6.45, 7) is -0.237. The predicted molar refractivity (Wildman–Crippen MR) is 166 cm³/mol. The number of nitrogens with zero attached hydrogens (tertiary/aromatic N) is 2. The van der Waals surface area contributed by atoms with Gasteiger partial charge in [0, 0.05) is 43.3 Å². The fourth-order valence-electron chi connectivity index (χ4n) is 4.54. The number of nitro benzene ring substituents is 1. The number of aliphatic carboxylic acids is 1. The predicted octanol–water partition coefficient (Wildman–Crippen LogP) is 2.40. The van der Waals surface area contributed by atoms with Crippen molar-refractivity contribution < 1.29 is 39.1 Å². The number of benzene rings is 3. The number of phenols is 1. The van der Waals surface area contributed by atoms with E-state index in [1.165, 1.54) is 61.1 Å². The van der Waals surface area contributed by atoms with E-state index >= 15 is 0 Å². The third kappa shape index (κ3) is 10.4. The Balaban J connectivity index is 1.48. The van der Waals surface area contributed by atoms with Gasteiger partial charge < -0.3 is 35.9 Å². The number of alkyl carbamates (subject to hydrolysis) is 1. The van der Waals surface area contributed by atoms with E-state index < -0.39 is 46.9 Å². The molecule has 0 saturated carbocycles. The van der Waals surface area contributed by atoms with E-state index in [0.29, 0.717) is 22.4 Å². The second-order valence-electron chi connectivity index (χ2n) is 10.5. The Hall–Kier alpha value is -6.25. The minimum atomic E-state index is -1.35. The third-order valence-electron chi connectivity index (χ3n) is 7.01. The first kappa shape index (κ1) is 33.6. The summed E-state index contributed by atoms with van der Waals surface area (Å²) in [5, 5.41) is 37.9. The highest BCUT2D eigenvalue weighted by molar-refractivity contribution is 5.93. The van der Waals surface area contributed by atoms with E-state index in [-0.39, 0.29) is 37.3 Å². The van der Waals surface area contributed by atoms with Gasteiger partial charge in [0.1, 0.15) is 30.5 Å². The molecule has 15 nitrogen and oxygen atoms in total. The molecule has 0 unspecified atom stereocenters. The van der Waals surface area contributed by atoms with Crippen LogP contribution in [0.15, 0.2) is 91.4 Å². The number of nitrogens with one attached hydrogen (secondary N) is 4. The molecule has 0 aliphatic carbocycles. The summed E-state index contributed by atoms with van der Waals surface area (Å²) >= 11 is 0. The molecule has 6 N–H and O–H groups in total. The Morgan fingerprint density at radius 3 is 1.96 bits per heavy atom. The van der Waals surface area contributed by atoms with Crippen LogP contribution in [-0.4, -0.2) is 67.1 Å². The Kier molecular flexibility index (Phi) is 11.6. The lowest BCUT2D eigenvalue weighted by molar-refractivity contribution is -0.384. The zero-order chi connectivity index (χ0) is 33.8. The number of aromatic amines is 1. The number of aromatic hydroxyl groups is 1. The first-order chi connectivity index (χ1) is 22.6. The Labute approximate surface area is 268 Å². The highest BCUT2D eigenvalue weighted by Crippen LogP contribution is 2.14. The highest BCUT2D eigenvalue weighted by atomic mass is 16.6. The number of phenolic OH excluding ortho intramolecular Hbond substituents is 1. The van der Waals surface area contributed by atoms with Gasteiger partial charge in [-0.3, -0.25) is 19.7 Å². The number of aromatic nitrogens is 2. The maximum absolute atomic E-state index is 13.6. The number of nitro groups is 1. The van der Waals surface area contributed by atoms with E-state index in [1.54, 1.807) is 30.3 Å². The van der Waals surface area contributed by atoms with Crippen LogP contribution in [0.3, 0.4) is 0 Å². The van der Waals surface area contributed by atoms with Gasteiger partial charge in [-0.25, -0.2) is 14.6 Å². The van der Waals surface area contributed by atoms with E-state index in [1.807, 2.05) is 0 Å². The summed E-state index contributed by atoms with van der Waals surface area (Å²) in [4.78, 5) is 69.1. The topological polar surface area (TPSA) is 226 Å². The smallest absolute Gasteiger partial charge is 0.408 e. The van der Waals surface area contributed by atoms with Crippen molar-refractivity contribution in [2.24, 2.45) is 0 Å². The number of imidazole rings is 1. The number of rotatable bonds is 15. The van der Waals surface area contributed by atoms with Crippen molar-refractivity contribution >= 4 is 29.6 Å². The lowest BCUT2D eigenvalue weighted by atomic mass is 10.0. The summed E-state index contributed by atoms with van der Waals surface area (Å²) in [6, 6.07) is 16.2. The molecule has 0 fully saturated rings. The molecule has 0 bridgehead atoms. The number of hydrogen-bond donors (Lipinski definition) is 6. The lowest BCUT2D eigenvalue weighted by Gasteiger charge is -2.24. The first-order valence-corrected chi connectivity index (χ1v) is 14.4. The first-order valence-electron chi connectivity index (χ1n) is 14.4. The maximum atomic E-state index is 13.6. The fraction of sp³-hybridized carbons (Fsp3) is 0.219. The van der Waals surface area contributed by atoms with Crippen LogP contribution in [0.2, 0.25) is 0 Å². The van der Waals surface area contributed by atoms with Crippen molar-refractivity contribution in [2.45, 2.75) is 44.0 Å². The van der Waals surface area contributed by atoms with E-state index in [0.717, 1.165) is 0 Å². The van der Waals surface area contributed by atoms with Crippen LogP contribution in [0.4, 0.5) is 10.5 Å². The van der Waals surface area contributed by atoms with Gasteiger partial charge in [0.25, 0.3) is 5.69 Å². The molecule has 15 heteroatoms. The quantitative estimate of drug-likeness (QED) is 0.0818. The number of ether oxygens (including phenoxy) is 1. The Morgan fingerprint density at radius 2 is 1.36 bits per heavy atom. The summed E-state index contributed by atoms with van der Waals surface area (Å²) < 4.78 is 5.23. The monoisotopic (exact) mass is 644 g/mol. The minimum Gasteiger partial charge on any atom is -0.508 e. The van der Waals surface area contributed by atoms with Gasteiger partial charge in [-0.2, -0.15) is 0 Å². The summed E-state index contributed by atoms with van der Waals surface area (Å²) in [6.07, 6.45) is 1.74. The molecule has 0 saturated heterocycles. The zero-order valence-electron chi connectivity index (χ0n) is 24.9. The molecule has 0 radical (unpaired) electrons. The molecule has 1 heterocycles.